The fourth-order valence-corrected chi connectivity index (χ4v) is 3.08. The molecule has 108 valence electrons. The van der Waals surface area contributed by atoms with Crippen LogP contribution in [0.4, 0.5) is 5.69 Å². The second-order valence-corrected chi connectivity index (χ2v) is 5.67. The van der Waals surface area contributed by atoms with Crippen molar-refractivity contribution in [2.75, 3.05) is 30.3 Å². The summed E-state index contributed by atoms with van der Waals surface area (Å²) in [6, 6.07) is 7.90. The van der Waals surface area contributed by atoms with Crippen molar-refractivity contribution in [1.29, 1.82) is 0 Å². The predicted molar refractivity (Wildman–Crippen MR) is 79.3 cm³/mol. The number of hydrogen-bond acceptors (Lipinski definition) is 4. The molecule has 0 spiro atoms. The Kier molecular flexibility index (Phi) is 5.43. The number of benzene rings is 1. The summed E-state index contributed by atoms with van der Waals surface area (Å²) in [6.45, 7) is 1.51. The Morgan fingerprint density at radius 3 is 2.95 bits per heavy atom. The summed E-state index contributed by atoms with van der Waals surface area (Å²) in [5, 5.41) is 11.5. The van der Waals surface area contributed by atoms with Crippen molar-refractivity contribution in [1.82, 2.24) is 5.32 Å². The fourth-order valence-electron chi connectivity index (χ4n) is 2.08. The predicted octanol–water partition coefficient (Wildman–Crippen LogP) is 1.58. The average Bonchev–Trinajstić information content (AvgIpc) is 2.45. The number of carboxylic acids is 1. The number of nitrogens with one attached hydrogen (secondary N) is 1. The van der Waals surface area contributed by atoms with Crippen LogP contribution < -0.4 is 10.2 Å². The molecule has 0 radical (unpaired) electrons. The number of rotatable bonds is 6. The van der Waals surface area contributed by atoms with E-state index in [1.54, 1.807) is 16.7 Å². The molecule has 0 atom stereocenters. The molecule has 1 aliphatic heterocycles. The number of carboxylic acid groups (broad SMARTS) is 1. The average molecular weight is 294 g/mol. The first-order chi connectivity index (χ1) is 9.68. The maximum atomic E-state index is 12.2. The van der Waals surface area contributed by atoms with E-state index in [-0.39, 0.29) is 18.9 Å². The SMILES string of the molecule is O=C(O)CCCNCC(=O)N1CCSc2ccccc21. The van der Waals surface area contributed by atoms with Gasteiger partial charge in [0.05, 0.1) is 12.2 Å². The Morgan fingerprint density at radius 1 is 1.35 bits per heavy atom. The standard InChI is InChI=1S/C14H18N2O3S/c17-13(10-15-7-3-6-14(18)19)16-8-9-20-12-5-2-1-4-11(12)16/h1-2,4-5,15H,3,6-10H2,(H,18,19). The molecule has 1 heterocycles. The summed E-state index contributed by atoms with van der Waals surface area (Å²) in [7, 11) is 0. The summed E-state index contributed by atoms with van der Waals surface area (Å²) in [5.74, 6) is 0.134. The number of thioether (sulfide) groups is 1. The normalized spacial score (nSPS) is 13.9. The van der Waals surface area contributed by atoms with Gasteiger partial charge in [-0.1, -0.05) is 12.1 Å². The molecule has 0 fully saturated rings. The molecule has 0 unspecified atom stereocenters. The quantitative estimate of drug-likeness (QED) is 0.780. The van der Waals surface area contributed by atoms with Crippen LogP contribution in [0, 0.1) is 0 Å². The van der Waals surface area contributed by atoms with E-state index in [0.717, 1.165) is 22.9 Å². The highest BCUT2D eigenvalue weighted by molar-refractivity contribution is 7.99. The summed E-state index contributed by atoms with van der Waals surface area (Å²) in [4.78, 5) is 25.5. The molecule has 2 rings (SSSR count). The minimum absolute atomic E-state index is 0.0353. The van der Waals surface area contributed by atoms with Gasteiger partial charge in [0.2, 0.25) is 5.91 Å². The van der Waals surface area contributed by atoms with E-state index in [4.69, 9.17) is 5.11 Å². The first-order valence-corrected chi connectivity index (χ1v) is 7.62. The molecule has 20 heavy (non-hydrogen) atoms. The van der Waals surface area contributed by atoms with Crippen molar-refractivity contribution in [3.63, 3.8) is 0 Å². The largest absolute Gasteiger partial charge is 0.481 e. The van der Waals surface area contributed by atoms with Crippen LogP contribution in [0.1, 0.15) is 12.8 Å². The number of carbonyl (C=O) groups excluding carboxylic acids is 1. The number of para-hydroxylation sites is 1. The van der Waals surface area contributed by atoms with Crippen molar-refractivity contribution in [3.8, 4) is 0 Å². The second-order valence-electron chi connectivity index (χ2n) is 4.54. The topological polar surface area (TPSA) is 69.6 Å². The Hall–Kier alpha value is -1.53. The van der Waals surface area contributed by atoms with E-state index in [2.05, 4.69) is 5.32 Å². The van der Waals surface area contributed by atoms with Crippen LogP contribution in [0.5, 0.6) is 0 Å². The highest BCUT2D eigenvalue weighted by Crippen LogP contribution is 2.34. The Morgan fingerprint density at radius 2 is 2.15 bits per heavy atom. The number of fused-ring (bicyclic) bond motifs is 1. The van der Waals surface area contributed by atoms with Crippen LogP contribution in [0.2, 0.25) is 0 Å². The summed E-state index contributed by atoms with van der Waals surface area (Å²) < 4.78 is 0. The highest BCUT2D eigenvalue weighted by atomic mass is 32.2. The molecule has 1 aliphatic rings. The van der Waals surface area contributed by atoms with Gasteiger partial charge in [-0.05, 0) is 25.1 Å². The molecule has 0 bridgehead atoms. The zero-order valence-electron chi connectivity index (χ0n) is 11.2. The lowest BCUT2D eigenvalue weighted by molar-refractivity contribution is -0.137. The number of anilines is 1. The molecule has 6 heteroatoms. The van der Waals surface area contributed by atoms with Crippen molar-refractivity contribution in [3.05, 3.63) is 24.3 Å². The van der Waals surface area contributed by atoms with Gasteiger partial charge in [0, 0.05) is 23.6 Å². The molecule has 1 amide bonds. The maximum Gasteiger partial charge on any atom is 0.303 e. The Labute approximate surface area is 122 Å². The highest BCUT2D eigenvalue weighted by Gasteiger charge is 2.21. The third-order valence-corrected chi connectivity index (χ3v) is 4.09. The number of aliphatic carboxylic acids is 1. The van der Waals surface area contributed by atoms with Crippen molar-refractivity contribution in [2.45, 2.75) is 17.7 Å². The van der Waals surface area contributed by atoms with Gasteiger partial charge >= 0.3 is 5.97 Å². The van der Waals surface area contributed by atoms with Gasteiger partial charge in [0.1, 0.15) is 0 Å². The maximum absolute atomic E-state index is 12.2. The zero-order valence-corrected chi connectivity index (χ0v) is 12.0. The van der Waals surface area contributed by atoms with Gasteiger partial charge < -0.3 is 15.3 Å². The smallest absolute Gasteiger partial charge is 0.303 e. The third kappa shape index (κ3) is 3.98. The molecule has 2 N–H and O–H groups in total. The number of amides is 1. The molecule has 0 saturated carbocycles. The molecular formula is C14H18N2O3S. The zero-order chi connectivity index (χ0) is 14.4. The van der Waals surface area contributed by atoms with Gasteiger partial charge in [-0.2, -0.15) is 0 Å². The Balaban J connectivity index is 1.83. The van der Waals surface area contributed by atoms with Crippen molar-refractivity contribution in [2.24, 2.45) is 0 Å². The lowest BCUT2D eigenvalue weighted by Gasteiger charge is -2.29. The van der Waals surface area contributed by atoms with Gasteiger partial charge in [-0.3, -0.25) is 9.59 Å². The number of nitrogens with zero attached hydrogens (tertiary/aromatic N) is 1. The molecular weight excluding hydrogens is 276 g/mol. The lowest BCUT2D eigenvalue weighted by atomic mass is 10.2. The van der Waals surface area contributed by atoms with Gasteiger partial charge in [-0.25, -0.2) is 0 Å². The van der Waals surface area contributed by atoms with Crippen LogP contribution in [0.25, 0.3) is 0 Å². The van der Waals surface area contributed by atoms with Crippen LogP contribution in [-0.4, -0.2) is 42.4 Å². The van der Waals surface area contributed by atoms with Crippen LogP contribution >= 0.6 is 11.8 Å². The first kappa shape index (κ1) is 14.9. The molecule has 0 aliphatic carbocycles. The third-order valence-electron chi connectivity index (χ3n) is 3.05. The molecule has 0 aromatic heterocycles. The van der Waals surface area contributed by atoms with E-state index in [1.165, 1.54) is 0 Å². The number of carbonyl (C=O) groups is 2. The second kappa shape index (κ2) is 7.31. The summed E-state index contributed by atoms with van der Waals surface area (Å²) in [5.41, 5.74) is 0.973. The van der Waals surface area contributed by atoms with E-state index in [1.807, 2.05) is 24.3 Å². The van der Waals surface area contributed by atoms with Crippen LogP contribution in [0.3, 0.4) is 0 Å². The minimum Gasteiger partial charge on any atom is -0.481 e. The lowest BCUT2D eigenvalue weighted by Crippen LogP contribution is -2.41. The van der Waals surface area contributed by atoms with Crippen LogP contribution in [-0.2, 0) is 9.59 Å². The number of hydrogen-bond donors (Lipinski definition) is 2. The van der Waals surface area contributed by atoms with Gasteiger partial charge in [0.25, 0.3) is 0 Å². The van der Waals surface area contributed by atoms with Crippen molar-refractivity contribution >= 4 is 29.3 Å². The molecule has 1 aromatic rings. The molecule has 0 saturated heterocycles. The monoisotopic (exact) mass is 294 g/mol. The van der Waals surface area contributed by atoms with E-state index < -0.39 is 5.97 Å². The fraction of sp³-hybridized carbons (Fsp3) is 0.429. The van der Waals surface area contributed by atoms with Crippen LogP contribution in [0.15, 0.2) is 29.2 Å². The Bertz CT molecular complexity index is 493. The van der Waals surface area contributed by atoms with Gasteiger partial charge in [0.15, 0.2) is 0 Å². The van der Waals surface area contributed by atoms with Gasteiger partial charge in [-0.15, -0.1) is 11.8 Å². The molecule has 1 aromatic carbocycles. The first-order valence-electron chi connectivity index (χ1n) is 6.63. The summed E-state index contributed by atoms with van der Waals surface area (Å²) >= 11 is 1.77. The van der Waals surface area contributed by atoms with E-state index >= 15 is 0 Å². The van der Waals surface area contributed by atoms with E-state index in [0.29, 0.717) is 13.0 Å². The summed E-state index contributed by atoms with van der Waals surface area (Å²) in [6.07, 6.45) is 0.666. The van der Waals surface area contributed by atoms with E-state index in [9.17, 15) is 9.59 Å². The van der Waals surface area contributed by atoms with Crippen molar-refractivity contribution < 1.29 is 14.7 Å². The minimum atomic E-state index is -0.805. The molecule has 5 nitrogen and oxygen atoms in total.